The minimum Gasteiger partial charge on any atom is -0.496 e. The summed E-state index contributed by atoms with van der Waals surface area (Å²) in [7, 11) is 4.25. The number of Topliss-reactive ketones (excluding diaryl/α,β-unsaturated/α-hetero) is 2. The molecule has 40 heavy (non-hydrogen) atoms. The molecule has 1 aromatic carbocycles. The van der Waals surface area contributed by atoms with Gasteiger partial charge < -0.3 is 18.7 Å². The van der Waals surface area contributed by atoms with Crippen LogP contribution in [0.1, 0.15) is 45.0 Å². The molecule has 0 bridgehead atoms. The number of ether oxygens (including phenoxy) is 3. The molecule has 0 saturated carbocycles. The number of aromatic nitrogens is 5. The number of carbonyl (C=O) groups excluding carboxylic acids is 2. The summed E-state index contributed by atoms with van der Waals surface area (Å²) in [6, 6.07) is 2.81. The van der Waals surface area contributed by atoms with Crippen molar-refractivity contribution < 1.29 is 28.3 Å². The van der Waals surface area contributed by atoms with Crippen LogP contribution >= 0.6 is 11.6 Å². The summed E-state index contributed by atoms with van der Waals surface area (Å²) < 4.78 is 24.1. The lowest BCUT2D eigenvalue weighted by Gasteiger charge is -2.36. The molecule has 0 saturated heterocycles. The first-order valence-electron chi connectivity index (χ1n) is 12.2. The Labute approximate surface area is 230 Å². The van der Waals surface area contributed by atoms with E-state index >= 15 is 0 Å². The van der Waals surface area contributed by atoms with Crippen molar-refractivity contribution in [3.63, 3.8) is 0 Å². The number of methoxy groups -OCH3 is 2. The number of rotatable bonds is 4. The second-order valence-corrected chi connectivity index (χ2v) is 10.1. The number of hydrogen-bond donors (Lipinski definition) is 0. The quantitative estimate of drug-likeness (QED) is 0.331. The van der Waals surface area contributed by atoms with Gasteiger partial charge >= 0.3 is 5.69 Å². The molecule has 13 nitrogen and oxygen atoms in total. The van der Waals surface area contributed by atoms with Crippen LogP contribution in [0.25, 0.3) is 11.0 Å². The molecule has 14 heteroatoms. The van der Waals surface area contributed by atoms with E-state index < -0.39 is 34.3 Å². The fourth-order valence-corrected chi connectivity index (χ4v) is 5.69. The van der Waals surface area contributed by atoms with E-state index in [1.165, 1.54) is 38.0 Å². The minimum absolute atomic E-state index is 0.00428. The highest BCUT2D eigenvalue weighted by Gasteiger charge is 2.62. The van der Waals surface area contributed by atoms with Crippen molar-refractivity contribution in [2.45, 2.75) is 32.4 Å². The Morgan fingerprint density at radius 2 is 1.82 bits per heavy atom. The number of fused-ring (bicyclic) bond motifs is 3. The van der Waals surface area contributed by atoms with Crippen molar-refractivity contribution in [3.8, 4) is 17.2 Å². The molecule has 2 atom stereocenters. The molecule has 1 spiro atoms. The van der Waals surface area contributed by atoms with Gasteiger partial charge in [-0.1, -0.05) is 23.7 Å². The van der Waals surface area contributed by atoms with E-state index in [9.17, 15) is 19.2 Å². The summed E-state index contributed by atoms with van der Waals surface area (Å²) >= 11 is 6.49. The first-order chi connectivity index (χ1) is 19.0. The molecule has 2 aliphatic rings. The smallest absolute Gasteiger partial charge is 0.332 e. The summed E-state index contributed by atoms with van der Waals surface area (Å²) in [5.74, 6) is -1.22. The summed E-state index contributed by atoms with van der Waals surface area (Å²) in [6.45, 7) is 3.03. The van der Waals surface area contributed by atoms with E-state index in [4.69, 9.17) is 30.3 Å². The van der Waals surface area contributed by atoms with E-state index in [0.29, 0.717) is 11.5 Å². The van der Waals surface area contributed by atoms with Gasteiger partial charge in [0.15, 0.2) is 11.6 Å². The third-order valence-electron chi connectivity index (χ3n) is 7.45. The molecule has 0 radical (unpaired) electrons. The topological polar surface area (TPSA) is 158 Å². The van der Waals surface area contributed by atoms with Gasteiger partial charge in [-0.05, 0) is 19.4 Å². The summed E-state index contributed by atoms with van der Waals surface area (Å²) in [4.78, 5) is 63.3. The zero-order valence-corrected chi connectivity index (χ0v) is 22.8. The number of benzene rings is 1. The SMILES string of the molecule is COc1cc(OC)c2c(c1Cl)OC1(C(=O)c3cc4c(=O)n(Cc5nc(C)no5)c(=O)n(C)c4nc3CC1C)C2=O. The molecular formula is C26H22ClN5O8. The van der Waals surface area contributed by atoms with Crippen LogP contribution in [-0.2, 0) is 20.0 Å². The molecule has 2 unspecified atom stereocenters. The first kappa shape index (κ1) is 25.7. The summed E-state index contributed by atoms with van der Waals surface area (Å²) in [6.07, 6.45) is 0.145. The third kappa shape index (κ3) is 3.30. The van der Waals surface area contributed by atoms with Gasteiger partial charge in [0.2, 0.25) is 23.1 Å². The molecule has 0 amide bonds. The maximum Gasteiger partial charge on any atom is 0.332 e. The molecule has 0 N–H and O–H groups in total. The molecular weight excluding hydrogens is 546 g/mol. The first-order valence-corrected chi connectivity index (χ1v) is 12.6. The standard InChI is InChI=1S/C26H22ClN5O8/c1-10-6-14-12(21(33)26(10)22(34)18-15(37-4)8-16(38-5)19(27)20(18)39-26)7-13-23(29-14)31(3)25(36)32(24(13)35)9-17-28-11(2)30-40-17/h7-8,10H,6,9H2,1-5H3. The number of halogens is 1. The van der Waals surface area contributed by atoms with Crippen LogP contribution in [0.4, 0.5) is 0 Å². The third-order valence-corrected chi connectivity index (χ3v) is 7.81. The van der Waals surface area contributed by atoms with Gasteiger partial charge in [-0.25, -0.2) is 9.78 Å². The van der Waals surface area contributed by atoms with Crippen molar-refractivity contribution in [2.24, 2.45) is 13.0 Å². The zero-order valence-electron chi connectivity index (χ0n) is 22.0. The van der Waals surface area contributed by atoms with Gasteiger partial charge in [0.1, 0.15) is 34.3 Å². The van der Waals surface area contributed by atoms with Crippen molar-refractivity contribution in [2.75, 3.05) is 14.2 Å². The Kier molecular flexibility index (Phi) is 5.63. The average molecular weight is 568 g/mol. The van der Waals surface area contributed by atoms with Crippen LogP contribution in [0.15, 0.2) is 26.2 Å². The Balaban J connectivity index is 1.53. The molecule has 1 aliphatic carbocycles. The summed E-state index contributed by atoms with van der Waals surface area (Å²) in [5.41, 5.74) is -2.82. The lowest BCUT2D eigenvalue weighted by molar-refractivity contribution is 0.0257. The van der Waals surface area contributed by atoms with Crippen LogP contribution in [-0.4, -0.2) is 55.6 Å². The van der Waals surface area contributed by atoms with E-state index in [1.807, 2.05) is 0 Å². The fraction of sp³-hybridized carbons (Fsp3) is 0.346. The van der Waals surface area contributed by atoms with Crippen LogP contribution < -0.4 is 25.5 Å². The number of hydrogen-bond acceptors (Lipinski definition) is 11. The number of carbonyl (C=O) groups is 2. The van der Waals surface area contributed by atoms with Crippen molar-refractivity contribution in [1.82, 2.24) is 24.3 Å². The Morgan fingerprint density at radius 1 is 1.10 bits per heavy atom. The van der Waals surface area contributed by atoms with Crippen molar-refractivity contribution >= 4 is 34.2 Å². The summed E-state index contributed by atoms with van der Waals surface area (Å²) in [5, 5.41) is 3.71. The predicted molar refractivity (Wildman–Crippen MR) is 139 cm³/mol. The average Bonchev–Trinajstić information content (AvgIpc) is 3.50. The molecule has 0 fully saturated rings. The second kappa shape index (κ2) is 8.74. The number of nitrogens with zero attached hydrogens (tertiary/aromatic N) is 5. The Morgan fingerprint density at radius 3 is 2.48 bits per heavy atom. The maximum atomic E-state index is 14.2. The number of pyridine rings is 1. The molecule has 4 heterocycles. The molecule has 1 aliphatic heterocycles. The van der Waals surface area contributed by atoms with Crippen LogP contribution in [0.5, 0.6) is 17.2 Å². The normalized spacial score (nSPS) is 19.6. The highest BCUT2D eigenvalue weighted by atomic mass is 35.5. The number of aryl methyl sites for hydroxylation is 2. The fourth-order valence-electron chi connectivity index (χ4n) is 5.42. The molecule has 3 aromatic heterocycles. The zero-order chi connectivity index (χ0) is 28.7. The van der Waals surface area contributed by atoms with Gasteiger partial charge in [0, 0.05) is 24.6 Å². The predicted octanol–water partition coefficient (Wildman–Crippen LogP) is 1.89. The molecule has 4 aromatic rings. The van der Waals surface area contributed by atoms with Gasteiger partial charge in [-0.2, -0.15) is 4.98 Å². The highest BCUT2D eigenvalue weighted by Crippen LogP contribution is 2.53. The monoisotopic (exact) mass is 567 g/mol. The van der Waals surface area contributed by atoms with Crippen LogP contribution in [0.3, 0.4) is 0 Å². The van der Waals surface area contributed by atoms with Gasteiger partial charge in [0.05, 0.1) is 25.3 Å². The van der Waals surface area contributed by atoms with Gasteiger partial charge in [0.25, 0.3) is 5.56 Å². The van der Waals surface area contributed by atoms with E-state index in [0.717, 1.165) is 4.57 Å². The second-order valence-electron chi connectivity index (χ2n) is 9.72. The minimum atomic E-state index is -1.96. The van der Waals surface area contributed by atoms with Crippen LogP contribution in [0, 0.1) is 12.8 Å². The van der Waals surface area contributed by atoms with Gasteiger partial charge in [-0.15, -0.1) is 0 Å². The Bertz CT molecular complexity index is 1910. The highest BCUT2D eigenvalue weighted by molar-refractivity contribution is 6.36. The van der Waals surface area contributed by atoms with E-state index in [1.54, 1.807) is 13.8 Å². The van der Waals surface area contributed by atoms with Crippen LogP contribution in [0.2, 0.25) is 5.02 Å². The van der Waals surface area contributed by atoms with Crippen molar-refractivity contribution in [1.29, 1.82) is 0 Å². The van der Waals surface area contributed by atoms with Crippen molar-refractivity contribution in [3.05, 3.63) is 66.5 Å². The lowest BCUT2D eigenvalue weighted by atomic mass is 9.71. The Hall–Kier alpha value is -4.52. The molecule has 6 rings (SSSR count). The molecule has 206 valence electrons. The lowest BCUT2D eigenvalue weighted by Crippen LogP contribution is -2.57. The van der Waals surface area contributed by atoms with E-state index in [2.05, 4.69) is 15.1 Å². The largest absolute Gasteiger partial charge is 0.496 e. The maximum absolute atomic E-state index is 14.2. The number of ketones is 2. The van der Waals surface area contributed by atoms with E-state index in [-0.39, 0.29) is 63.3 Å². The van der Waals surface area contributed by atoms with Gasteiger partial charge in [-0.3, -0.25) is 23.5 Å².